The summed E-state index contributed by atoms with van der Waals surface area (Å²) >= 11 is 2.68. The highest BCUT2D eigenvalue weighted by atomic mass is 32.2. The van der Waals surface area contributed by atoms with E-state index < -0.39 is 22.5 Å². The topological polar surface area (TPSA) is 92.3 Å². The van der Waals surface area contributed by atoms with Crippen molar-refractivity contribution in [1.29, 1.82) is 0 Å². The predicted octanol–water partition coefficient (Wildman–Crippen LogP) is 4.77. The van der Waals surface area contributed by atoms with Crippen LogP contribution in [0.4, 0.5) is 10.8 Å². The van der Waals surface area contributed by atoms with Gasteiger partial charge in [0, 0.05) is 5.75 Å². The number of benzene rings is 2. The molecule has 1 N–H and O–H groups in total. The summed E-state index contributed by atoms with van der Waals surface area (Å²) in [4.78, 5) is 12.9. The molecule has 3 aromatic rings. The molecule has 0 atom stereocenters. The first kappa shape index (κ1) is 24.0. The maximum Gasteiger partial charge on any atom is 0.264 e. The van der Waals surface area contributed by atoms with Gasteiger partial charge in [-0.1, -0.05) is 73.4 Å². The third kappa shape index (κ3) is 5.96. The summed E-state index contributed by atoms with van der Waals surface area (Å²) in [5.41, 5.74) is 1.49. The van der Waals surface area contributed by atoms with Crippen LogP contribution in [0.3, 0.4) is 0 Å². The minimum Gasteiger partial charge on any atom is -0.299 e. The first-order valence-electron chi connectivity index (χ1n) is 9.86. The van der Waals surface area contributed by atoms with Crippen molar-refractivity contribution in [2.24, 2.45) is 0 Å². The van der Waals surface area contributed by atoms with Crippen LogP contribution in [0.15, 0.2) is 76.5 Å². The van der Waals surface area contributed by atoms with Crippen LogP contribution in [0.1, 0.15) is 25.3 Å². The van der Waals surface area contributed by atoms with Gasteiger partial charge in [-0.05, 0) is 35.7 Å². The highest BCUT2D eigenvalue weighted by Crippen LogP contribution is 2.27. The normalized spacial score (nSPS) is 11.3. The molecule has 0 spiro atoms. The summed E-state index contributed by atoms with van der Waals surface area (Å²) in [6.07, 6.45) is 1.75. The number of anilines is 2. The van der Waals surface area contributed by atoms with Crippen molar-refractivity contribution >= 4 is 49.8 Å². The molecule has 0 aliphatic carbocycles. The molecule has 0 aliphatic heterocycles. The lowest BCUT2D eigenvalue weighted by Gasteiger charge is -2.24. The number of sulfonamides is 1. The number of rotatable bonds is 10. The van der Waals surface area contributed by atoms with Crippen LogP contribution in [-0.4, -0.2) is 36.8 Å². The van der Waals surface area contributed by atoms with E-state index in [0.717, 1.165) is 9.87 Å². The molecule has 1 amide bonds. The van der Waals surface area contributed by atoms with Gasteiger partial charge in [-0.3, -0.25) is 14.4 Å². The molecule has 1 aromatic heterocycles. The van der Waals surface area contributed by atoms with E-state index in [9.17, 15) is 13.2 Å². The van der Waals surface area contributed by atoms with Crippen molar-refractivity contribution in [2.45, 2.75) is 29.0 Å². The van der Waals surface area contributed by atoms with E-state index in [2.05, 4.69) is 35.9 Å². The highest BCUT2D eigenvalue weighted by Gasteiger charge is 2.27. The fraction of sp³-hybridized carbons (Fsp3) is 0.227. The van der Waals surface area contributed by atoms with Crippen LogP contribution in [0.2, 0.25) is 0 Å². The van der Waals surface area contributed by atoms with Crippen LogP contribution in [0.5, 0.6) is 0 Å². The number of carbonyl (C=O) groups is 1. The number of amides is 1. The smallest absolute Gasteiger partial charge is 0.264 e. The van der Waals surface area contributed by atoms with Gasteiger partial charge >= 0.3 is 0 Å². The lowest BCUT2D eigenvalue weighted by molar-refractivity contribution is -0.114. The van der Waals surface area contributed by atoms with Crippen molar-refractivity contribution in [3.05, 3.63) is 72.8 Å². The molecule has 168 valence electrons. The lowest BCUT2D eigenvalue weighted by Crippen LogP contribution is -2.38. The lowest BCUT2D eigenvalue weighted by atomic mass is 10.0. The summed E-state index contributed by atoms with van der Waals surface area (Å²) in [5.74, 6) is 0.476. The Balaban J connectivity index is 1.86. The Bertz CT molecular complexity index is 1160. The molecule has 0 saturated heterocycles. The molecular formula is C22H24N4O3S3. The van der Waals surface area contributed by atoms with E-state index in [-0.39, 0.29) is 4.90 Å². The molecule has 0 aliphatic rings. The zero-order valence-corrected chi connectivity index (χ0v) is 20.2. The quantitative estimate of drug-likeness (QED) is 0.251. The highest BCUT2D eigenvalue weighted by molar-refractivity contribution is 8.01. The summed E-state index contributed by atoms with van der Waals surface area (Å²) in [6, 6.07) is 15.3. The Morgan fingerprint density at radius 1 is 1.16 bits per heavy atom. The molecule has 0 radical (unpaired) electrons. The van der Waals surface area contributed by atoms with E-state index in [1.165, 1.54) is 35.2 Å². The van der Waals surface area contributed by atoms with Crippen LogP contribution in [0.25, 0.3) is 0 Å². The Hall–Kier alpha value is -2.69. The predicted molar refractivity (Wildman–Crippen MR) is 131 cm³/mol. The zero-order valence-electron chi connectivity index (χ0n) is 17.8. The van der Waals surface area contributed by atoms with E-state index in [4.69, 9.17) is 0 Å². The average molecular weight is 489 g/mol. The second-order valence-electron chi connectivity index (χ2n) is 7.09. The van der Waals surface area contributed by atoms with Crippen molar-refractivity contribution in [1.82, 2.24) is 10.2 Å². The largest absolute Gasteiger partial charge is 0.299 e. The van der Waals surface area contributed by atoms with E-state index in [1.54, 1.807) is 36.4 Å². The van der Waals surface area contributed by atoms with E-state index in [0.29, 0.717) is 26.8 Å². The van der Waals surface area contributed by atoms with Gasteiger partial charge < -0.3 is 0 Å². The van der Waals surface area contributed by atoms with Gasteiger partial charge in [-0.25, -0.2) is 8.42 Å². The number of carbonyl (C=O) groups excluding carboxylic acids is 1. The van der Waals surface area contributed by atoms with Crippen LogP contribution < -0.4 is 9.62 Å². The van der Waals surface area contributed by atoms with Crippen LogP contribution >= 0.6 is 23.1 Å². The second kappa shape index (κ2) is 10.8. The molecule has 0 saturated carbocycles. The van der Waals surface area contributed by atoms with E-state index >= 15 is 0 Å². The number of nitrogens with one attached hydrogen (secondary N) is 1. The zero-order chi connectivity index (χ0) is 23.1. The third-order valence-electron chi connectivity index (χ3n) is 4.44. The summed E-state index contributed by atoms with van der Waals surface area (Å²) < 4.78 is 28.5. The number of nitrogens with zero attached hydrogens (tertiary/aromatic N) is 3. The first-order valence-corrected chi connectivity index (χ1v) is 13.1. The van der Waals surface area contributed by atoms with Crippen LogP contribution in [0, 0.1) is 0 Å². The second-order valence-corrected chi connectivity index (χ2v) is 11.2. The Kier molecular flexibility index (Phi) is 8.05. The molecule has 32 heavy (non-hydrogen) atoms. The summed E-state index contributed by atoms with van der Waals surface area (Å²) in [5, 5.41) is 10.9. The molecular weight excluding hydrogens is 464 g/mol. The Morgan fingerprint density at radius 2 is 1.84 bits per heavy atom. The van der Waals surface area contributed by atoms with Gasteiger partial charge in [0.15, 0.2) is 4.34 Å². The number of hydrogen-bond acceptors (Lipinski definition) is 7. The maximum absolute atomic E-state index is 13.4. The Labute approximate surface area is 196 Å². The summed E-state index contributed by atoms with van der Waals surface area (Å²) in [6.45, 7) is 7.38. The van der Waals surface area contributed by atoms with Crippen LogP contribution in [-0.2, 0) is 14.8 Å². The molecule has 7 nitrogen and oxygen atoms in total. The fourth-order valence-corrected chi connectivity index (χ4v) is 5.77. The minimum atomic E-state index is -3.96. The van der Waals surface area contributed by atoms with E-state index in [1.807, 2.05) is 12.1 Å². The minimum absolute atomic E-state index is 0.111. The molecule has 1 heterocycles. The first-order chi connectivity index (χ1) is 15.3. The maximum atomic E-state index is 13.4. The van der Waals surface area contributed by atoms with Crippen molar-refractivity contribution in [2.75, 3.05) is 21.9 Å². The average Bonchev–Trinajstić information content (AvgIpc) is 3.23. The molecule has 10 heteroatoms. The number of thioether (sulfide) groups is 1. The van der Waals surface area contributed by atoms with Crippen molar-refractivity contribution in [3.63, 3.8) is 0 Å². The SMILES string of the molecule is C=CCSc1nnc(NC(=O)CN(c2ccc(C(C)C)cc2)S(=O)(=O)c2ccccc2)s1. The molecule has 0 unspecified atom stereocenters. The summed E-state index contributed by atoms with van der Waals surface area (Å²) in [7, 11) is -3.96. The van der Waals surface area contributed by atoms with Gasteiger partial charge in [0.05, 0.1) is 10.6 Å². The van der Waals surface area contributed by atoms with Gasteiger partial charge in [-0.2, -0.15) is 0 Å². The Morgan fingerprint density at radius 3 is 2.47 bits per heavy atom. The van der Waals surface area contributed by atoms with Gasteiger partial charge in [0.25, 0.3) is 10.0 Å². The molecule has 0 fully saturated rings. The van der Waals surface area contributed by atoms with Gasteiger partial charge in [0.2, 0.25) is 11.0 Å². The number of aromatic nitrogens is 2. The standard InChI is InChI=1S/C22H24N4O3S3/c1-4-14-30-22-25-24-21(31-22)23-20(27)15-26(18-12-10-17(11-13-18)16(2)3)32(28,29)19-8-6-5-7-9-19/h4-13,16H,1,14-15H2,2-3H3,(H,23,24,27). The third-order valence-corrected chi connectivity index (χ3v) is 8.20. The molecule has 3 rings (SSSR count). The van der Waals surface area contributed by atoms with Crippen molar-refractivity contribution < 1.29 is 13.2 Å². The molecule has 0 bridgehead atoms. The van der Waals surface area contributed by atoms with Crippen molar-refractivity contribution in [3.8, 4) is 0 Å². The number of hydrogen-bond donors (Lipinski definition) is 1. The monoisotopic (exact) mass is 488 g/mol. The van der Waals surface area contributed by atoms with Gasteiger partial charge in [-0.15, -0.1) is 16.8 Å². The molecule has 2 aromatic carbocycles. The van der Waals surface area contributed by atoms with Gasteiger partial charge in [0.1, 0.15) is 6.54 Å². The fourth-order valence-electron chi connectivity index (χ4n) is 2.80.